The van der Waals surface area contributed by atoms with Gasteiger partial charge in [0.25, 0.3) is 5.91 Å². The van der Waals surface area contributed by atoms with Gasteiger partial charge in [-0.3, -0.25) is 4.79 Å². The Morgan fingerprint density at radius 1 is 1.25 bits per heavy atom. The van der Waals surface area contributed by atoms with Crippen LogP contribution in [0.4, 0.5) is 5.82 Å². The lowest BCUT2D eigenvalue weighted by atomic mass is 10.2. The van der Waals surface area contributed by atoms with Crippen molar-refractivity contribution in [2.45, 2.75) is 6.54 Å². The highest BCUT2D eigenvalue weighted by Gasteiger charge is 2.12. The Bertz CT molecular complexity index is 748. The fraction of sp³-hybridized carbons (Fsp3) is 0.0714. The first-order chi connectivity index (χ1) is 9.78. The van der Waals surface area contributed by atoms with E-state index in [0.717, 1.165) is 11.1 Å². The fourth-order valence-electron chi connectivity index (χ4n) is 1.91. The van der Waals surface area contributed by atoms with E-state index in [-0.39, 0.29) is 5.91 Å². The molecule has 0 saturated carbocycles. The van der Waals surface area contributed by atoms with Crippen molar-refractivity contribution in [3.8, 4) is 0 Å². The first-order valence-electron chi connectivity index (χ1n) is 6.16. The first-order valence-corrected chi connectivity index (χ1v) is 6.16. The number of carbonyl (C=O) groups is 1. The molecule has 6 nitrogen and oxygen atoms in total. The van der Waals surface area contributed by atoms with Crippen LogP contribution in [0.25, 0.3) is 5.52 Å². The van der Waals surface area contributed by atoms with Crippen LogP contribution in [0, 0.1) is 0 Å². The van der Waals surface area contributed by atoms with E-state index in [4.69, 9.17) is 5.73 Å². The SMILES string of the molecule is NCc1ccc(NC(=O)c2cnn3ccccc23)nc1. The van der Waals surface area contributed by atoms with E-state index in [9.17, 15) is 4.79 Å². The molecule has 0 unspecified atom stereocenters. The van der Waals surface area contributed by atoms with Crippen molar-refractivity contribution in [2.24, 2.45) is 5.73 Å². The summed E-state index contributed by atoms with van der Waals surface area (Å²) in [7, 11) is 0. The number of nitrogens with zero attached hydrogens (tertiary/aromatic N) is 3. The number of nitrogens with two attached hydrogens (primary N) is 1. The van der Waals surface area contributed by atoms with Crippen molar-refractivity contribution in [3.63, 3.8) is 0 Å². The number of hydrogen-bond donors (Lipinski definition) is 2. The molecule has 0 aliphatic carbocycles. The van der Waals surface area contributed by atoms with Gasteiger partial charge in [-0.25, -0.2) is 9.50 Å². The van der Waals surface area contributed by atoms with Gasteiger partial charge in [-0.2, -0.15) is 5.10 Å². The van der Waals surface area contributed by atoms with Crippen LogP contribution >= 0.6 is 0 Å². The lowest BCUT2D eigenvalue weighted by Gasteiger charge is -2.04. The van der Waals surface area contributed by atoms with Gasteiger partial charge in [0.05, 0.1) is 17.3 Å². The Labute approximate surface area is 115 Å². The Morgan fingerprint density at radius 3 is 2.90 bits per heavy atom. The molecule has 0 atom stereocenters. The summed E-state index contributed by atoms with van der Waals surface area (Å²) in [5.41, 5.74) is 7.68. The van der Waals surface area contributed by atoms with Crippen molar-refractivity contribution in [3.05, 3.63) is 60.0 Å². The van der Waals surface area contributed by atoms with Gasteiger partial charge in [0.2, 0.25) is 0 Å². The topological polar surface area (TPSA) is 85.3 Å². The highest BCUT2D eigenvalue weighted by molar-refractivity contribution is 6.08. The van der Waals surface area contributed by atoms with Gasteiger partial charge in [0.15, 0.2) is 0 Å². The second-order valence-electron chi connectivity index (χ2n) is 4.30. The normalized spacial score (nSPS) is 10.7. The number of aromatic nitrogens is 3. The maximum Gasteiger partial charge on any atom is 0.260 e. The van der Waals surface area contributed by atoms with Crippen LogP contribution in [0.3, 0.4) is 0 Å². The number of amides is 1. The third-order valence-corrected chi connectivity index (χ3v) is 2.97. The summed E-state index contributed by atoms with van der Waals surface area (Å²) < 4.78 is 1.65. The largest absolute Gasteiger partial charge is 0.326 e. The van der Waals surface area contributed by atoms with Crippen LogP contribution in [-0.4, -0.2) is 20.5 Å². The molecule has 100 valence electrons. The molecule has 0 spiro atoms. The van der Waals surface area contributed by atoms with E-state index in [0.29, 0.717) is 17.9 Å². The predicted octanol–water partition coefficient (Wildman–Crippen LogP) is 1.44. The average molecular weight is 267 g/mol. The van der Waals surface area contributed by atoms with Crippen LogP contribution in [0.2, 0.25) is 0 Å². The van der Waals surface area contributed by atoms with Crippen molar-refractivity contribution in [2.75, 3.05) is 5.32 Å². The quantitative estimate of drug-likeness (QED) is 0.752. The van der Waals surface area contributed by atoms with Gasteiger partial charge in [-0.1, -0.05) is 12.1 Å². The van der Waals surface area contributed by atoms with Gasteiger partial charge in [0.1, 0.15) is 5.82 Å². The van der Waals surface area contributed by atoms with E-state index in [1.807, 2.05) is 24.3 Å². The number of pyridine rings is 2. The zero-order valence-corrected chi connectivity index (χ0v) is 10.7. The van der Waals surface area contributed by atoms with Crippen LogP contribution in [-0.2, 0) is 6.54 Å². The van der Waals surface area contributed by atoms with Gasteiger partial charge < -0.3 is 11.1 Å². The first kappa shape index (κ1) is 12.3. The second kappa shape index (κ2) is 5.10. The Hall–Kier alpha value is -2.73. The van der Waals surface area contributed by atoms with E-state index in [1.165, 1.54) is 0 Å². The monoisotopic (exact) mass is 267 g/mol. The number of carbonyl (C=O) groups excluding carboxylic acids is 1. The lowest BCUT2D eigenvalue weighted by Crippen LogP contribution is -2.12. The third-order valence-electron chi connectivity index (χ3n) is 2.97. The zero-order valence-electron chi connectivity index (χ0n) is 10.7. The van der Waals surface area contributed by atoms with Crippen molar-refractivity contribution >= 4 is 17.2 Å². The standard InChI is InChI=1S/C14H13N5O/c15-7-10-4-5-13(16-8-10)18-14(20)11-9-17-19-6-2-1-3-12(11)19/h1-6,8-9H,7,15H2,(H,16,18,20). The molecule has 3 aromatic rings. The predicted molar refractivity (Wildman–Crippen MR) is 75.3 cm³/mol. The fourth-order valence-corrected chi connectivity index (χ4v) is 1.91. The minimum atomic E-state index is -0.237. The molecule has 0 saturated heterocycles. The number of fused-ring (bicyclic) bond motifs is 1. The maximum atomic E-state index is 12.2. The van der Waals surface area contributed by atoms with E-state index >= 15 is 0 Å². The van der Waals surface area contributed by atoms with Crippen LogP contribution in [0.5, 0.6) is 0 Å². The molecule has 3 aromatic heterocycles. The molecule has 20 heavy (non-hydrogen) atoms. The molecule has 6 heteroatoms. The Morgan fingerprint density at radius 2 is 2.15 bits per heavy atom. The molecule has 0 radical (unpaired) electrons. The third kappa shape index (κ3) is 2.24. The lowest BCUT2D eigenvalue weighted by molar-refractivity contribution is 0.102. The molecule has 0 bridgehead atoms. The number of rotatable bonds is 3. The minimum Gasteiger partial charge on any atom is -0.326 e. The van der Waals surface area contributed by atoms with Crippen molar-refractivity contribution in [1.29, 1.82) is 0 Å². The van der Waals surface area contributed by atoms with Crippen LogP contribution in [0.1, 0.15) is 15.9 Å². The summed E-state index contributed by atoms with van der Waals surface area (Å²) in [4.78, 5) is 16.4. The highest BCUT2D eigenvalue weighted by atomic mass is 16.1. The summed E-state index contributed by atoms with van der Waals surface area (Å²) >= 11 is 0. The smallest absolute Gasteiger partial charge is 0.260 e. The molecular formula is C14H13N5O. The Kier molecular flexibility index (Phi) is 3.14. The van der Waals surface area contributed by atoms with Gasteiger partial charge in [-0.05, 0) is 23.8 Å². The van der Waals surface area contributed by atoms with Crippen molar-refractivity contribution in [1.82, 2.24) is 14.6 Å². The zero-order chi connectivity index (χ0) is 13.9. The summed E-state index contributed by atoms with van der Waals surface area (Å²) in [6, 6.07) is 9.12. The molecule has 3 N–H and O–H groups in total. The van der Waals surface area contributed by atoms with Crippen LogP contribution < -0.4 is 11.1 Å². The molecule has 3 heterocycles. The van der Waals surface area contributed by atoms with E-state index < -0.39 is 0 Å². The van der Waals surface area contributed by atoms with Gasteiger partial charge in [0, 0.05) is 18.9 Å². The minimum absolute atomic E-state index is 0.237. The summed E-state index contributed by atoms with van der Waals surface area (Å²) in [6.45, 7) is 0.426. The molecule has 0 aromatic carbocycles. The summed E-state index contributed by atoms with van der Waals surface area (Å²) in [6.07, 6.45) is 4.98. The summed E-state index contributed by atoms with van der Waals surface area (Å²) in [5, 5.41) is 6.87. The van der Waals surface area contributed by atoms with Gasteiger partial charge >= 0.3 is 0 Å². The molecule has 0 aliphatic rings. The second-order valence-corrected chi connectivity index (χ2v) is 4.30. The van der Waals surface area contributed by atoms with E-state index in [1.54, 1.807) is 29.2 Å². The van der Waals surface area contributed by atoms with E-state index in [2.05, 4.69) is 15.4 Å². The molecular weight excluding hydrogens is 254 g/mol. The molecule has 0 fully saturated rings. The highest BCUT2D eigenvalue weighted by Crippen LogP contribution is 2.12. The van der Waals surface area contributed by atoms with Gasteiger partial charge in [-0.15, -0.1) is 0 Å². The number of hydrogen-bond acceptors (Lipinski definition) is 4. The Balaban J connectivity index is 1.85. The number of anilines is 1. The molecule has 3 rings (SSSR count). The molecule has 0 aliphatic heterocycles. The summed E-state index contributed by atoms with van der Waals surface area (Å²) in [5.74, 6) is 0.252. The van der Waals surface area contributed by atoms with Crippen molar-refractivity contribution < 1.29 is 4.79 Å². The molecule has 1 amide bonds. The van der Waals surface area contributed by atoms with Crippen LogP contribution in [0.15, 0.2) is 48.9 Å². The number of nitrogens with one attached hydrogen (secondary N) is 1. The maximum absolute atomic E-state index is 12.2. The average Bonchev–Trinajstić information content (AvgIpc) is 2.92.